The smallest absolute Gasteiger partial charge is 0.0462 e. The molecule has 2 fully saturated rings. The highest BCUT2D eigenvalue weighted by molar-refractivity contribution is 4.81. The van der Waals surface area contributed by atoms with Crippen molar-refractivity contribution in [3.05, 3.63) is 0 Å². The van der Waals surface area contributed by atoms with Crippen LogP contribution in [0.15, 0.2) is 0 Å². The van der Waals surface area contributed by atoms with E-state index in [9.17, 15) is 5.11 Å². The Labute approximate surface area is 106 Å². The van der Waals surface area contributed by atoms with E-state index in [0.717, 1.165) is 18.4 Å². The van der Waals surface area contributed by atoms with Crippen molar-refractivity contribution in [3.63, 3.8) is 0 Å². The molecule has 0 spiro atoms. The number of aliphatic hydroxyl groups is 1. The van der Waals surface area contributed by atoms with E-state index in [-0.39, 0.29) is 0 Å². The maximum absolute atomic E-state index is 9.41. The molecule has 0 aromatic rings. The van der Waals surface area contributed by atoms with E-state index >= 15 is 0 Å². The number of aliphatic hydroxyl groups excluding tert-OH is 1. The first-order valence-corrected chi connectivity index (χ1v) is 7.65. The molecule has 2 aliphatic rings. The molecule has 0 aromatic carbocycles. The summed E-state index contributed by atoms with van der Waals surface area (Å²) < 4.78 is 0. The molecule has 2 aliphatic carbocycles. The van der Waals surface area contributed by atoms with Crippen molar-refractivity contribution in [3.8, 4) is 0 Å². The Kier molecular flexibility index (Phi) is 5.30. The van der Waals surface area contributed by atoms with Gasteiger partial charge in [0.15, 0.2) is 0 Å². The molecule has 0 bridgehead atoms. The lowest BCUT2D eigenvalue weighted by molar-refractivity contribution is 0.129. The van der Waals surface area contributed by atoms with Gasteiger partial charge >= 0.3 is 0 Å². The summed E-state index contributed by atoms with van der Waals surface area (Å²) in [4.78, 5) is 0. The summed E-state index contributed by atoms with van der Waals surface area (Å²) in [5.41, 5.74) is 0. The fraction of sp³-hybridized carbons (Fsp3) is 1.00. The van der Waals surface area contributed by atoms with Gasteiger partial charge in [-0.15, -0.1) is 0 Å². The van der Waals surface area contributed by atoms with Gasteiger partial charge in [-0.25, -0.2) is 0 Å². The molecule has 0 aromatic heterocycles. The van der Waals surface area contributed by atoms with Crippen molar-refractivity contribution in [1.29, 1.82) is 0 Å². The molecule has 0 aliphatic heterocycles. The van der Waals surface area contributed by atoms with E-state index in [1.54, 1.807) is 0 Å². The largest absolute Gasteiger partial charge is 0.396 e. The zero-order chi connectivity index (χ0) is 12.1. The highest BCUT2D eigenvalue weighted by Crippen LogP contribution is 2.31. The van der Waals surface area contributed by atoms with Gasteiger partial charge in [-0.2, -0.15) is 0 Å². The summed E-state index contributed by atoms with van der Waals surface area (Å²) in [5.74, 6) is 2.19. The van der Waals surface area contributed by atoms with Gasteiger partial charge in [-0.1, -0.05) is 25.7 Å². The topological polar surface area (TPSA) is 32.3 Å². The Hall–Kier alpha value is -0.0800. The number of hydrogen-bond donors (Lipinski definition) is 2. The SMILES string of the molecule is CC(NCC1CCCCC1CO)C1CCCC1. The third-order valence-corrected chi connectivity index (χ3v) is 5.11. The predicted molar refractivity (Wildman–Crippen MR) is 72.0 cm³/mol. The van der Waals surface area contributed by atoms with Gasteiger partial charge in [0.2, 0.25) is 0 Å². The van der Waals surface area contributed by atoms with E-state index in [2.05, 4.69) is 12.2 Å². The first-order chi connectivity index (χ1) is 8.31. The average molecular weight is 239 g/mol. The first-order valence-electron chi connectivity index (χ1n) is 7.65. The lowest BCUT2D eigenvalue weighted by Crippen LogP contribution is -2.39. The first kappa shape index (κ1) is 13.4. The molecule has 2 rings (SSSR count). The van der Waals surface area contributed by atoms with Gasteiger partial charge in [-0.05, 0) is 56.9 Å². The van der Waals surface area contributed by atoms with Crippen molar-refractivity contribution >= 4 is 0 Å². The average Bonchev–Trinajstić information content (AvgIpc) is 2.90. The highest BCUT2D eigenvalue weighted by atomic mass is 16.3. The summed E-state index contributed by atoms with van der Waals surface area (Å²) in [6.07, 6.45) is 10.9. The summed E-state index contributed by atoms with van der Waals surface area (Å²) in [5, 5.41) is 13.2. The molecule has 100 valence electrons. The van der Waals surface area contributed by atoms with Crippen LogP contribution in [-0.4, -0.2) is 24.3 Å². The fourth-order valence-electron chi connectivity index (χ4n) is 3.75. The van der Waals surface area contributed by atoms with Crippen LogP contribution in [-0.2, 0) is 0 Å². The second-order valence-corrected chi connectivity index (χ2v) is 6.23. The van der Waals surface area contributed by atoms with E-state index in [1.165, 1.54) is 51.4 Å². The summed E-state index contributed by atoms with van der Waals surface area (Å²) in [7, 11) is 0. The molecule has 2 N–H and O–H groups in total. The molecular weight excluding hydrogens is 210 g/mol. The van der Waals surface area contributed by atoms with Crippen molar-refractivity contribution < 1.29 is 5.11 Å². The summed E-state index contributed by atoms with van der Waals surface area (Å²) >= 11 is 0. The minimum atomic E-state index is 0.393. The summed E-state index contributed by atoms with van der Waals surface area (Å²) in [6.45, 7) is 3.87. The van der Waals surface area contributed by atoms with Gasteiger partial charge in [-0.3, -0.25) is 0 Å². The molecule has 3 atom stereocenters. The molecule has 0 heterocycles. The maximum atomic E-state index is 9.41. The lowest BCUT2D eigenvalue weighted by atomic mass is 9.79. The zero-order valence-electron chi connectivity index (χ0n) is 11.3. The minimum Gasteiger partial charge on any atom is -0.396 e. The van der Waals surface area contributed by atoms with Crippen molar-refractivity contribution in [2.45, 2.75) is 64.3 Å². The Morgan fingerprint density at radius 3 is 2.24 bits per heavy atom. The van der Waals surface area contributed by atoms with Crippen LogP contribution in [0.2, 0.25) is 0 Å². The van der Waals surface area contributed by atoms with E-state index < -0.39 is 0 Å². The van der Waals surface area contributed by atoms with Crippen molar-refractivity contribution in [1.82, 2.24) is 5.32 Å². The quantitative estimate of drug-likeness (QED) is 0.773. The molecule has 3 unspecified atom stereocenters. The number of rotatable bonds is 5. The molecule has 0 amide bonds. The zero-order valence-corrected chi connectivity index (χ0v) is 11.3. The fourth-order valence-corrected chi connectivity index (χ4v) is 3.75. The van der Waals surface area contributed by atoms with Crippen molar-refractivity contribution in [2.75, 3.05) is 13.2 Å². The van der Waals surface area contributed by atoms with Crippen LogP contribution in [0.3, 0.4) is 0 Å². The van der Waals surface area contributed by atoms with Crippen LogP contribution in [0, 0.1) is 17.8 Å². The van der Waals surface area contributed by atoms with Gasteiger partial charge in [0.1, 0.15) is 0 Å². The molecule has 17 heavy (non-hydrogen) atoms. The van der Waals surface area contributed by atoms with Gasteiger partial charge in [0, 0.05) is 12.6 Å². The van der Waals surface area contributed by atoms with Crippen LogP contribution in [0.1, 0.15) is 58.3 Å². The third-order valence-electron chi connectivity index (χ3n) is 5.11. The van der Waals surface area contributed by atoms with Gasteiger partial charge in [0.05, 0.1) is 0 Å². The minimum absolute atomic E-state index is 0.393. The lowest BCUT2D eigenvalue weighted by Gasteiger charge is -2.32. The normalized spacial score (nSPS) is 32.8. The predicted octanol–water partition coefficient (Wildman–Crippen LogP) is 2.95. The van der Waals surface area contributed by atoms with Crippen molar-refractivity contribution in [2.24, 2.45) is 17.8 Å². The number of nitrogens with one attached hydrogen (secondary N) is 1. The van der Waals surface area contributed by atoms with Gasteiger partial charge < -0.3 is 10.4 Å². The van der Waals surface area contributed by atoms with Crippen LogP contribution in [0.25, 0.3) is 0 Å². The Bertz CT molecular complexity index is 213. The second-order valence-electron chi connectivity index (χ2n) is 6.23. The molecular formula is C15H29NO. The van der Waals surface area contributed by atoms with Crippen LogP contribution in [0.5, 0.6) is 0 Å². The highest BCUT2D eigenvalue weighted by Gasteiger charge is 2.26. The molecule has 0 radical (unpaired) electrons. The third kappa shape index (κ3) is 3.69. The van der Waals surface area contributed by atoms with Crippen LogP contribution < -0.4 is 5.32 Å². The number of hydrogen-bond acceptors (Lipinski definition) is 2. The summed E-state index contributed by atoms with van der Waals surface area (Å²) in [6, 6.07) is 0.679. The molecule has 2 saturated carbocycles. The second kappa shape index (κ2) is 6.75. The molecule has 2 nitrogen and oxygen atoms in total. The Morgan fingerprint density at radius 1 is 1.00 bits per heavy atom. The maximum Gasteiger partial charge on any atom is 0.0462 e. The Balaban J connectivity index is 1.72. The van der Waals surface area contributed by atoms with Crippen LogP contribution >= 0.6 is 0 Å². The standard InChI is InChI=1S/C15H29NO/c1-12(13-6-2-3-7-13)16-10-14-8-4-5-9-15(14)11-17/h12-17H,2-11H2,1H3. The van der Waals surface area contributed by atoms with E-state index in [0.29, 0.717) is 18.6 Å². The molecule has 0 saturated heterocycles. The van der Waals surface area contributed by atoms with E-state index in [4.69, 9.17) is 0 Å². The van der Waals surface area contributed by atoms with Crippen LogP contribution in [0.4, 0.5) is 0 Å². The Morgan fingerprint density at radius 2 is 1.59 bits per heavy atom. The molecule has 2 heteroatoms. The monoisotopic (exact) mass is 239 g/mol. The van der Waals surface area contributed by atoms with E-state index in [1.807, 2.05) is 0 Å². The van der Waals surface area contributed by atoms with Gasteiger partial charge in [0.25, 0.3) is 0 Å².